The zero-order chi connectivity index (χ0) is 21.6. The van der Waals surface area contributed by atoms with Gasteiger partial charge < -0.3 is 29.0 Å². The van der Waals surface area contributed by atoms with Crippen LogP contribution in [0.5, 0.6) is 0 Å². The fraction of sp³-hybridized carbons (Fsp3) is 0.667. The molecule has 160 valence electrons. The van der Waals surface area contributed by atoms with E-state index < -0.39 is 54.5 Å². The quantitative estimate of drug-likeness (QED) is 0.430. The topological polar surface area (TPSA) is 165 Å². The number of carbonyl (C=O) groups is 4. The molecule has 1 aromatic rings. The summed E-state index contributed by atoms with van der Waals surface area (Å²) in [7, 11) is 0. The summed E-state index contributed by atoms with van der Waals surface area (Å²) in [5.74, 6) is -2.71. The Morgan fingerprint density at radius 2 is 1.52 bits per heavy atom. The summed E-state index contributed by atoms with van der Waals surface area (Å²) in [5, 5.41) is 10.2. The van der Waals surface area contributed by atoms with Gasteiger partial charge in [-0.15, -0.1) is 0 Å². The van der Waals surface area contributed by atoms with Crippen LogP contribution in [0.2, 0.25) is 0 Å². The van der Waals surface area contributed by atoms with Gasteiger partial charge in [-0.2, -0.15) is 0 Å². The molecule has 1 aliphatic heterocycles. The van der Waals surface area contributed by atoms with E-state index in [1.807, 2.05) is 0 Å². The van der Waals surface area contributed by atoms with Gasteiger partial charge in [0.15, 0.2) is 24.5 Å². The molecule has 1 N–H and O–H groups in total. The Balaban J connectivity index is 2.40. The van der Waals surface area contributed by atoms with Crippen molar-refractivity contribution >= 4 is 40.5 Å². The number of hydrogen-bond donors (Lipinski definition) is 1. The van der Waals surface area contributed by atoms with Crippen molar-refractivity contribution in [1.82, 2.24) is 14.8 Å². The maximum absolute atomic E-state index is 11.7. The van der Waals surface area contributed by atoms with E-state index in [0.717, 1.165) is 32.3 Å². The van der Waals surface area contributed by atoms with Crippen LogP contribution in [-0.4, -0.2) is 75.9 Å². The van der Waals surface area contributed by atoms with Gasteiger partial charge in [-0.05, 0) is 5.21 Å². The molecule has 1 fully saturated rings. The number of nitrogens with zero attached hydrogens (tertiary/aromatic N) is 3. The van der Waals surface area contributed by atoms with Crippen LogP contribution in [0.3, 0.4) is 0 Å². The number of anilines is 1. The molecule has 1 aliphatic rings. The molecule has 5 atom stereocenters. The highest BCUT2D eigenvalue weighted by molar-refractivity contribution is 7.09. The van der Waals surface area contributed by atoms with E-state index >= 15 is 0 Å². The summed E-state index contributed by atoms with van der Waals surface area (Å²) in [6, 6.07) is 0. The van der Waals surface area contributed by atoms with Crippen LogP contribution >= 0.6 is 11.5 Å². The first kappa shape index (κ1) is 22.4. The van der Waals surface area contributed by atoms with Crippen molar-refractivity contribution < 1.29 is 42.9 Å². The second kappa shape index (κ2) is 10.1. The maximum atomic E-state index is 11.7. The number of hydrogen-bond acceptors (Lipinski definition) is 14. The Labute approximate surface area is 169 Å². The van der Waals surface area contributed by atoms with E-state index in [-0.39, 0.29) is 11.7 Å². The smallest absolute Gasteiger partial charge is 0.303 e. The number of esters is 4. The molecule has 0 bridgehead atoms. The molecule has 2 rings (SSSR count). The highest BCUT2D eigenvalue weighted by Crippen LogP contribution is 2.30. The van der Waals surface area contributed by atoms with E-state index in [2.05, 4.69) is 20.1 Å². The Kier molecular flexibility index (Phi) is 7.78. The molecule has 29 heavy (non-hydrogen) atoms. The third-order valence-electron chi connectivity index (χ3n) is 3.56. The first-order valence-electron chi connectivity index (χ1n) is 8.39. The third kappa shape index (κ3) is 6.60. The molecule has 14 heteroatoms. The van der Waals surface area contributed by atoms with Crippen molar-refractivity contribution in [2.45, 2.75) is 58.3 Å². The first-order valence-corrected chi connectivity index (χ1v) is 9.16. The molecule has 2 heterocycles. The van der Waals surface area contributed by atoms with Gasteiger partial charge >= 0.3 is 23.9 Å². The van der Waals surface area contributed by atoms with Gasteiger partial charge in [-0.25, -0.2) is 0 Å². The monoisotopic (exact) mass is 432 g/mol. The van der Waals surface area contributed by atoms with Crippen LogP contribution in [-0.2, 0) is 42.9 Å². The minimum Gasteiger partial charge on any atom is -0.463 e. The Morgan fingerprint density at radius 3 is 2.03 bits per heavy atom. The Bertz CT molecular complexity index is 744. The van der Waals surface area contributed by atoms with Crippen LogP contribution in [0.4, 0.5) is 5.13 Å². The Morgan fingerprint density at radius 1 is 0.931 bits per heavy atom. The molecular formula is C15H20N4O9S. The molecular weight excluding hydrogens is 412 g/mol. The van der Waals surface area contributed by atoms with Crippen LogP contribution in [0.15, 0.2) is 0 Å². The fourth-order valence-corrected chi connectivity index (χ4v) is 3.05. The largest absolute Gasteiger partial charge is 0.463 e. The number of carbonyl (C=O) groups excluding carboxylic acids is 4. The van der Waals surface area contributed by atoms with Crippen LogP contribution in [0.1, 0.15) is 27.7 Å². The van der Waals surface area contributed by atoms with Crippen molar-refractivity contribution in [2.24, 2.45) is 0 Å². The fourth-order valence-electron chi connectivity index (χ4n) is 2.66. The van der Waals surface area contributed by atoms with Crippen molar-refractivity contribution in [3.05, 3.63) is 0 Å². The highest BCUT2D eigenvalue weighted by atomic mass is 32.1. The molecule has 1 aromatic heterocycles. The highest BCUT2D eigenvalue weighted by Gasteiger charge is 2.52. The predicted molar refractivity (Wildman–Crippen MR) is 93.3 cm³/mol. The zero-order valence-corrected chi connectivity index (χ0v) is 16.8. The molecule has 1 saturated heterocycles. The number of ether oxygens (including phenoxy) is 5. The molecule has 0 unspecified atom stereocenters. The van der Waals surface area contributed by atoms with Gasteiger partial charge in [-0.1, -0.05) is 9.59 Å². The summed E-state index contributed by atoms with van der Waals surface area (Å²) < 4.78 is 30.3. The van der Waals surface area contributed by atoms with Crippen LogP contribution in [0.25, 0.3) is 0 Å². The molecule has 0 spiro atoms. The number of aromatic nitrogens is 3. The number of rotatable bonds is 7. The average molecular weight is 432 g/mol. The summed E-state index contributed by atoms with van der Waals surface area (Å²) in [4.78, 5) is 46.2. The Hall–Kier alpha value is -2.87. The molecule has 0 aromatic carbocycles. The van der Waals surface area contributed by atoms with Crippen LogP contribution < -0.4 is 5.32 Å². The van der Waals surface area contributed by atoms with E-state index in [1.165, 1.54) is 6.92 Å². The summed E-state index contributed by atoms with van der Waals surface area (Å²) >= 11 is 0.901. The SMILES string of the molecule is CC(=O)OC[C@H]1O[C@@H](Nc2nnns2)[C@H](OC(C)=O)[C@@H](OC(C)=O)[C@@H]1OC(C)=O. The second-order valence-corrected chi connectivity index (χ2v) is 6.66. The van der Waals surface area contributed by atoms with E-state index in [0.29, 0.717) is 0 Å². The van der Waals surface area contributed by atoms with Crippen molar-refractivity contribution in [3.63, 3.8) is 0 Å². The lowest BCUT2D eigenvalue weighted by molar-refractivity contribution is -0.247. The van der Waals surface area contributed by atoms with Crippen molar-refractivity contribution in [1.29, 1.82) is 0 Å². The van der Waals surface area contributed by atoms with E-state index in [4.69, 9.17) is 23.7 Å². The maximum Gasteiger partial charge on any atom is 0.303 e. The molecule has 0 radical (unpaired) electrons. The van der Waals surface area contributed by atoms with Gasteiger partial charge in [-0.3, -0.25) is 19.2 Å². The molecule has 13 nitrogen and oxygen atoms in total. The number of nitrogens with one attached hydrogen (secondary N) is 1. The average Bonchev–Trinajstić information content (AvgIpc) is 3.10. The van der Waals surface area contributed by atoms with Gasteiger partial charge in [0.05, 0.1) is 0 Å². The van der Waals surface area contributed by atoms with E-state index in [1.54, 1.807) is 0 Å². The summed E-state index contributed by atoms with van der Waals surface area (Å²) in [6.07, 6.45) is -5.85. The van der Waals surface area contributed by atoms with Gasteiger partial charge in [0.25, 0.3) is 0 Å². The molecule has 0 amide bonds. The lowest BCUT2D eigenvalue weighted by atomic mass is 9.97. The second-order valence-electron chi connectivity index (χ2n) is 5.93. The molecule has 0 aliphatic carbocycles. The lowest BCUT2D eigenvalue weighted by Gasteiger charge is -2.44. The normalized spacial score (nSPS) is 26.1. The van der Waals surface area contributed by atoms with Crippen molar-refractivity contribution in [2.75, 3.05) is 11.9 Å². The third-order valence-corrected chi connectivity index (χ3v) is 4.08. The minimum absolute atomic E-state index is 0.228. The lowest BCUT2D eigenvalue weighted by Crippen LogP contribution is -2.64. The summed E-state index contributed by atoms with van der Waals surface area (Å²) in [6.45, 7) is 4.32. The summed E-state index contributed by atoms with van der Waals surface area (Å²) in [5.41, 5.74) is 0. The first-order chi connectivity index (χ1) is 13.7. The zero-order valence-electron chi connectivity index (χ0n) is 16.0. The minimum atomic E-state index is -1.26. The van der Waals surface area contributed by atoms with Crippen molar-refractivity contribution in [3.8, 4) is 0 Å². The van der Waals surface area contributed by atoms with Gasteiger partial charge in [0.1, 0.15) is 12.7 Å². The molecule has 0 saturated carbocycles. The standard InChI is InChI=1S/C15H20N4O9S/c1-6(20)24-5-10-11(25-7(2)21)12(26-8(3)22)13(27-9(4)23)14(28-10)16-15-17-18-19-29-15/h10-14H,5H2,1-4H3,(H,16,17,19)/t10-,11-,12+,13-,14-/m1/s1. The van der Waals surface area contributed by atoms with Gasteiger partial charge in [0.2, 0.25) is 5.13 Å². The van der Waals surface area contributed by atoms with Crippen LogP contribution in [0, 0.1) is 0 Å². The van der Waals surface area contributed by atoms with Gasteiger partial charge in [0, 0.05) is 39.2 Å². The predicted octanol–water partition coefficient (Wildman–Crippen LogP) is -0.572. The van der Waals surface area contributed by atoms with E-state index in [9.17, 15) is 19.2 Å².